The Hall–Kier alpha value is -3.16. The van der Waals surface area contributed by atoms with Crippen molar-refractivity contribution < 1.29 is 9.21 Å². The number of piperazine rings is 1. The fraction of sp³-hybridized carbons (Fsp3) is 0.429. The third-order valence-corrected chi connectivity index (χ3v) is 5.19. The van der Waals surface area contributed by atoms with Gasteiger partial charge in [-0.25, -0.2) is 0 Å². The average molecular weight is 394 g/mol. The Morgan fingerprint density at radius 3 is 2.59 bits per heavy atom. The predicted molar refractivity (Wildman–Crippen MR) is 109 cm³/mol. The Labute approximate surface area is 170 Å². The zero-order chi connectivity index (χ0) is 20.2. The van der Waals surface area contributed by atoms with E-state index < -0.39 is 0 Å². The zero-order valence-electron chi connectivity index (χ0n) is 16.9. The van der Waals surface area contributed by atoms with Crippen molar-refractivity contribution in [2.24, 2.45) is 0 Å². The molecule has 0 bridgehead atoms. The second-order valence-corrected chi connectivity index (χ2v) is 7.19. The van der Waals surface area contributed by atoms with Crippen LogP contribution in [0.15, 0.2) is 40.8 Å². The Morgan fingerprint density at radius 2 is 1.86 bits per heavy atom. The van der Waals surface area contributed by atoms with Crippen molar-refractivity contribution in [1.82, 2.24) is 24.9 Å². The summed E-state index contributed by atoms with van der Waals surface area (Å²) in [6.45, 7) is 7.85. The first-order chi connectivity index (χ1) is 14.1. The number of para-hydroxylation sites is 1. The molecule has 0 N–H and O–H groups in total. The molecule has 2 aromatic heterocycles. The lowest BCUT2D eigenvalue weighted by molar-refractivity contribution is -0.131. The molecular formula is C21H26N6O2. The lowest BCUT2D eigenvalue weighted by Gasteiger charge is -2.36. The largest absolute Gasteiger partial charge is 0.419 e. The molecule has 4 rings (SSSR count). The number of hydrogen-bond acceptors (Lipinski definition) is 6. The summed E-state index contributed by atoms with van der Waals surface area (Å²) in [5.74, 6) is 1.07. The molecule has 8 nitrogen and oxygen atoms in total. The van der Waals surface area contributed by atoms with Gasteiger partial charge < -0.3 is 14.2 Å². The Kier molecular flexibility index (Phi) is 5.59. The van der Waals surface area contributed by atoms with Crippen LogP contribution in [0.3, 0.4) is 0 Å². The highest BCUT2D eigenvalue weighted by Crippen LogP contribution is 2.20. The number of nitrogens with zero attached hydrogens (tertiary/aromatic N) is 6. The third kappa shape index (κ3) is 4.31. The van der Waals surface area contributed by atoms with Gasteiger partial charge in [0.1, 0.15) is 5.69 Å². The molecule has 1 aliphatic rings. The van der Waals surface area contributed by atoms with Gasteiger partial charge in [0.2, 0.25) is 11.8 Å². The molecule has 1 amide bonds. The van der Waals surface area contributed by atoms with Crippen molar-refractivity contribution in [2.75, 3.05) is 31.1 Å². The smallest absolute Gasteiger partial charge is 0.265 e. The molecule has 3 aromatic rings. The van der Waals surface area contributed by atoms with Gasteiger partial charge in [0.05, 0.1) is 5.69 Å². The average Bonchev–Trinajstić information content (AvgIpc) is 3.38. The lowest BCUT2D eigenvalue weighted by Crippen LogP contribution is -2.48. The van der Waals surface area contributed by atoms with Crippen molar-refractivity contribution in [1.29, 1.82) is 0 Å². The highest BCUT2D eigenvalue weighted by Gasteiger charge is 2.22. The summed E-state index contributed by atoms with van der Waals surface area (Å²) in [6, 6.07) is 12.2. The molecule has 29 heavy (non-hydrogen) atoms. The maximum atomic E-state index is 12.6. The highest BCUT2D eigenvalue weighted by molar-refractivity contribution is 5.76. The third-order valence-electron chi connectivity index (χ3n) is 5.19. The number of aryl methyl sites for hydroxylation is 3. The molecule has 0 aliphatic carbocycles. The first kappa shape index (κ1) is 19.2. The number of carbonyl (C=O) groups excluding carboxylic acids is 1. The molecule has 152 valence electrons. The van der Waals surface area contributed by atoms with Crippen LogP contribution < -0.4 is 4.90 Å². The fourth-order valence-electron chi connectivity index (χ4n) is 3.64. The Morgan fingerprint density at radius 1 is 1.10 bits per heavy atom. The van der Waals surface area contributed by atoms with Gasteiger partial charge >= 0.3 is 0 Å². The number of hydrogen-bond donors (Lipinski definition) is 0. The standard InChI is InChI=1S/C21H26N6O2/c1-3-27-18(15-16(2)24-27)21-23-22-19(29-21)9-10-20(28)26-13-11-25(12-14-26)17-7-5-4-6-8-17/h4-8,15H,3,9-14H2,1-2H3. The minimum atomic E-state index is 0.131. The van der Waals surface area contributed by atoms with Gasteiger partial charge in [-0.1, -0.05) is 18.2 Å². The van der Waals surface area contributed by atoms with Crippen molar-refractivity contribution in [3.63, 3.8) is 0 Å². The van der Waals surface area contributed by atoms with Crippen molar-refractivity contribution >= 4 is 11.6 Å². The van der Waals surface area contributed by atoms with Crippen molar-refractivity contribution in [3.05, 3.63) is 48.0 Å². The maximum absolute atomic E-state index is 12.6. The van der Waals surface area contributed by atoms with E-state index in [1.54, 1.807) is 0 Å². The van der Waals surface area contributed by atoms with Gasteiger partial charge in [0.15, 0.2) is 0 Å². The highest BCUT2D eigenvalue weighted by atomic mass is 16.4. The van der Waals surface area contributed by atoms with Gasteiger partial charge in [0.25, 0.3) is 5.89 Å². The summed E-state index contributed by atoms with van der Waals surface area (Å²) in [5, 5.41) is 12.6. The van der Waals surface area contributed by atoms with Crippen molar-refractivity contribution in [2.45, 2.75) is 33.2 Å². The van der Waals surface area contributed by atoms with Crippen LogP contribution in [0, 0.1) is 6.92 Å². The lowest BCUT2D eigenvalue weighted by atomic mass is 10.2. The van der Waals surface area contributed by atoms with Gasteiger partial charge in [0, 0.05) is 51.3 Å². The molecular weight excluding hydrogens is 368 g/mol. The first-order valence-electron chi connectivity index (χ1n) is 10.1. The summed E-state index contributed by atoms with van der Waals surface area (Å²) < 4.78 is 7.61. The molecule has 3 heterocycles. The predicted octanol–water partition coefficient (Wildman–Crippen LogP) is 2.54. The first-order valence-corrected chi connectivity index (χ1v) is 10.1. The van der Waals surface area contributed by atoms with E-state index in [0.29, 0.717) is 24.6 Å². The van der Waals surface area contributed by atoms with Crippen LogP contribution in [-0.4, -0.2) is 57.0 Å². The van der Waals surface area contributed by atoms with E-state index in [0.717, 1.165) is 44.1 Å². The minimum absolute atomic E-state index is 0.131. The number of carbonyl (C=O) groups is 1. The molecule has 0 saturated carbocycles. The van der Waals surface area contributed by atoms with E-state index in [1.807, 2.05) is 47.7 Å². The molecule has 0 spiro atoms. The van der Waals surface area contributed by atoms with Crippen LogP contribution in [0.5, 0.6) is 0 Å². The van der Waals surface area contributed by atoms with Gasteiger partial charge in [-0.15, -0.1) is 10.2 Å². The Balaban J connectivity index is 1.30. The fourth-order valence-corrected chi connectivity index (χ4v) is 3.64. The summed E-state index contributed by atoms with van der Waals surface area (Å²) in [5.41, 5.74) is 2.93. The summed E-state index contributed by atoms with van der Waals surface area (Å²) >= 11 is 0. The number of aromatic nitrogens is 4. The molecule has 8 heteroatoms. The van der Waals surface area contributed by atoms with E-state index >= 15 is 0 Å². The molecule has 0 unspecified atom stereocenters. The van der Waals surface area contributed by atoms with E-state index in [1.165, 1.54) is 5.69 Å². The normalized spacial score (nSPS) is 14.4. The minimum Gasteiger partial charge on any atom is -0.419 e. The maximum Gasteiger partial charge on any atom is 0.265 e. The molecule has 0 radical (unpaired) electrons. The molecule has 1 fully saturated rings. The van der Waals surface area contributed by atoms with Crippen LogP contribution in [0.2, 0.25) is 0 Å². The molecule has 1 aromatic carbocycles. The Bertz CT molecular complexity index is 957. The summed E-state index contributed by atoms with van der Waals surface area (Å²) in [4.78, 5) is 16.8. The second kappa shape index (κ2) is 8.46. The van der Waals surface area contributed by atoms with E-state index in [-0.39, 0.29) is 5.91 Å². The number of benzene rings is 1. The van der Waals surface area contributed by atoms with Crippen LogP contribution in [0.25, 0.3) is 11.6 Å². The SMILES string of the molecule is CCn1nc(C)cc1-c1nnc(CCC(=O)N2CCN(c3ccccc3)CC2)o1. The van der Waals surface area contributed by atoms with Gasteiger partial charge in [-0.05, 0) is 32.0 Å². The van der Waals surface area contributed by atoms with Gasteiger partial charge in [-0.3, -0.25) is 9.48 Å². The quantitative estimate of drug-likeness (QED) is 0.639. The number of rotatable bonds is 6. The molecule has 1 aliphatic heterocycles. The van der Waals surface area contributed by atoms with Crippen LogP contribution in [0.1, 0.15) is 24.9 Å². The van der Waals surface area contributed by atoms with Crippen LogP contribution >= 0.6 is 0 Å². The van der Waals surface area contributed by atoms with E-state index in [2.05, 4.69) is 32.3 Å². The number of anilines is 1. The number of amides is 1. The summed E-state index contributed by atoms with van der Waals surface area (Å²) in [6.07, 6.45) is 0.822. The van der Waals surface area contributed by atoms with E-state index in [4.69, 9.17) is 4.42 Å². The van der Waals surface area contributed by atoms with Crippen LogP contribution in [0.4, 0.5) is 5.69 Å². The summed E-state index contributed by atoms with van der Waals surface area (Å²) in [7, 11) is 0. The van der Waals surface area contributed by atoms with Crippen molar-refractivity contribution in [3.8, 4) is 11.6 Å². The van der Waals surface area contributed by atoms with E-state index in [9.17, 15) is 4.79 Å². The topological polar surface area (TPSA) is 80.3 Å². The van der Waals surface area contributed by atoms with Crippen LogP contribution in [-0.2, 0) is 17.8 Å². The molecule has 0 atom stereocenters. The molecule has 1 saturated heterocycles. The second-order valence-electron chi connectivity index (χ2n) is 7.19. The van der Waals surface area contributed by atoms with Gasteiger partial charge in [-0.2, -0.15) is 5.10 Å². The monoisotopic (exact) mass is 394 g/mol. The zero-order valence-corrected chi connectivity index (χ0v) is 16.9.